The van der Waals surface area contributed by atoms with Gasteiger partial charge in [-0.1, -0.05) is 6.07 Å². The van der Waals surface area contributed by atoms with Crippen molar-refractivity contribution >= 4 is 40.2 Å². The maximum atomic E-state index is 12.6. The van der Waals surface area contributed by atoms with Crippen LogP contribution in [0.2, 0.25) is 0 Å². The molecule has 2 aromatic carbocycles. The highest BCUT2D eigenvalue weighted by molar-refractivity contribution is 14.1. The van der Waals surface area contributed by atoms with Gasteiger partial charge in [0.1, 0.15) is 5.75 Å². The summed E-state index contributed by atoms with van der Waals surface area (Å²) in [4.78, 5) is 26.1. The molecule has 2 aromatic rings. The summed E-state index contributed by atoms with van der Waals surface area (Å²) >= 11 is 2.10. The SMILES string of the molecule is CCOc1ccc(N(CCC#N)C(=O)COC(=O)c2cccc(I)c2)cc1. The Morgan fingerprint density at radius 3 is 2.56 bits per heavy atom. The lowest BCUT2D eigenvalue weighted by molar-refractivity contribution is -0.121. The average Bonchev–Trinajstić information content (AvgIpc) is 2.67. The number of ether oxygens (including phenoxy) is 2. The number of hydrogen-bond donors (Lipinski definition) is 0. The number of anilines is 1. The summed E-state index contributed by atoms with van der Waals surface area (Å²) in [5.74, 6) is -0.263. The molecule has 0 aliphatic rings. The predicted octanol–water partition coefficient (Wildman–Crippen LogP) is 3.79. The van der Waals surface area contributed by atoms with Crippen LogP contribution in [0, 0.1) is 14.9 Å². The molecule has 0 aliphatic carbocycles. The summed E-state index contributed by atoms with van der Waals surface area (Å²) in [6.07, 6.45) is 0.170. The molecule has 0 atom stereocenters. The van der Waals surface area contributed by atoms with E-state index < -0.39 is 18.5 Å². The summed E-state index contributed by atoms with van der Waals surface area (Å²) in [7, 11) is 0. The number of nitriles is 1. The third kappa shape index (κ3) is 6.25. The van der Waals surface area contributed by atoms with Gasteiger partial charge in [-0.3, -0.25) is 4.79 Å². The molecule has 0 saturated carbocycles. The third-order valence-corrected chi connectivity index (χ3v) is 4.27. The topological polar surface area (TPSA) is 79.6 Å². The molecular weight excluding hydrogens is 459 g/mol. The third-order valence-electron chi connectivity index (χ3n) is 3.59. The van der Waals surface area contributed by atoms with Crippen LogP contribution in [-0.2, 0) is 9.53 Å². The molecule has 7 heteroatoms. The number of halogens is 1. The van der Waals surface area contributed by atoms with Gasteiger partial charge in [0.2, 0.25) is 0 Å². The number of amides is 1. The first-order chi connectivity index (χ1) is 13.0. The second-order valence-corrected chi connectivity index (χ2v) is 6.71. The first-order valence-electron chi connectivity index (χ1n) is 8.38. The van der Waals surface area contributed by atoms with E-state index in [1.165, 1.54) is 4.90 Å². The van der Waals surface area contributed by atoms with Crippen LogP contribution in [0.1, 0.15) is 23.7 Å². The highest BCUT2D eigenvalue weighted by Gasteiger charge is 2.18. The lowest BCUT2D eigenvalue weighted by Gasteiger charge is -2.22. The lowest BCUT2D eigenvalue weighted by Crippen LogP contribution is -2.35. The molecule has 0 bridgehead atoms. The molecule has 0 fully saturated rings. The second kappa shape index (κ2) is 10.5. The number of benzene rings is 2. The molecule has 0 N–H and O–H groups in total. The second-order valence-electron chi connectivity index (χ2n) is 5.47. The molecule has 1 amide bonds. The molecule has 0 saturated heterocycles. The van der Waals surface area contributed by atoms with Gasteiger partial charge in [-0.2, -0.15) is 5.26 Å². The zero-order chi connectivity index (χ0) is 19.6. The predicted molar refractivity (Wildman–Crippen MR) is 110 cm³/mol. The molecule has 2 rings (SSSR count). The molecule has 0 spiro atoms. The molecule has 27 heavy (non-hydrogen) atoms. The van der Waals surface area contributed by atoms with Crippen molar-refractivity contribution in [2.24, 2.45) is 0 Å². The fourth-order valence-corrected chi connectivity index (χ4v) is 2.90. The van der Waals surface area contributed by atoms with Gasteiger partial charge in [0.15, 0.2) is 6.61 Å². The minimum absolute atomic E-state index is 0.170. The van der Waals surface area contributed by atoms with Crippen molar-refractivity contribution in [3.05, 3.63) is 57.7 Å². The maximum absolute atomic E-state index is 12.6. The van der Waals surface area contributed by atoms with Crippen molar-refractivity contribution in [2.45, 2.75) is 13.3 Å². The van der Waals surface area contributed by atoms with Gasteiger partial charge in [-0.05, 0) is 72.0 Å². The summed E-state index contributed by atoms with van der Waals surface area (Å²) in [6, 6.07) is 15.9. The van der Waals surface area contributed by atoms with E-state index in [-0.39, 0.29) is 13.0 Å². The van der Waals surface area contributed by atoms with Gasteiger partial charge in [-0.25, -0.2) is 4.79 Å². The smallest absolute Gasteiger partial charge is 0.338 e. The Kier molecular flexibility index (Phi) is 8.07. The van der Waals surface area contributed by atoms with Crippen LogP contribution in [0.15, 0.2) is 48.5 Å². The minimum Gasteiger partial charge on any atom is -0.494 e. The standard InChI is InChI=1S/C20H19IN2O4/c1-2-26-18-9-7-17(8-10-18)23(12-4-11-22)19(24)14-27-20(25)15-5-3-6-16(21)13-15/h3,5-10,13H,2,4,12,14H2,1H3. The fourth-order valence-electron chi connectivity index (χ4n) is 2.35. The number of carbonyl (C=O) groups excluding carboxylic acids is 2. The van der Waals surface area contributed by atoms with Crippen molar-refractivity contribution < 1.29 is 19.1 Å². The largest absolute Gasteiger partial charge is 0.494 e. The van der Waals surface area contributed by atoms with Crippen molar-refractivity contribution in [2.75, 3.05) is 24.7 Å². The summed E-state index contributed by atoms with van der Waals surface area (Å²) < 4.78 is 11.4. The van der Waals surface area contributed by atoms with Crippen LogP contribution in [-0.4, -0.2) is 31.6 Å². The average molecular weight is 478 g/mol. The van der Waals surface area contributed by atoms with Gasteiger partial charge >= 0.3 is 5.97 Å². The van der Waals surface area contributed by atoms with Crippen LogP contribution >= 0.6 is 22.6 Å². The van der Waals surface area contributed by atoms with Gasteiger partial charge in [0.05, 0.1) is 24.7 Å². The van der Waals surface area contributed by atoms with E-state index in [2.05, 4.69) is 22.6 Å². The Morgan fingerprint density at radius 2 is 1.93 bits per heavy atom. The van der Waals surface area contributed by atoms with E-state index in [4.69, 9.17) is 14.7 Å². The maximum Gasteiger partial charge on any atom is 0.338 e. The van der Waals surface area contributed by atoms with Crippen molar-refractivity contribution in [1.29, 1.82) is 5.26 Å². The van der Waals surface area contributed by atoms with Gasteiger partial charge in [0.25, 0.3) is 5.91 Å². The Morgan fingerprint density at radius 1 is 1.19 bits per heavy atom. The van der Waals surface area contributed by atoms with Crippen molar-refractivity contribution in [3.8, 4) is 11.8 Å². The highest BCUT2D eigenvalue weighted by Crippen LogP contribution is 2.20. The fraction of sp³-hybridized carbons (Fsp3) is 0.250. The van der Waals surface area contributed by atoms with Gasteiger partial charge in [-0.15, -0.1) is 0 Å². The van der Waals surface area contributed by atoms with E-state index in [0.717, 1.165) is 3.57 Å². The van der Waals surface area contributed by atoms with Crippen LogP contribution in [0.25, 0.3) is 0 Å². The first-order valence-corrected chi connectivity index (χ1v) is 9.46. The minimum atomic E-state index is -0.561. The van der Waals surface area contributed by atoms with E-state index >= 15 is 0 Å². The monoisotopic (exact) mass is 478 g/mol. The summed E-state index contributed by atoms with van der Waals surface area (Å²) in [5.41, 5.74) is 1.00. The number of hydrogen-bond acceptors (Lipinski definition) is 5. The van der Waals surface area contributed by atoms with Crippen molar-refractivity contribution in [3.63, 3.8) is 0 Å². The molecule has 0 heterocycles. The van der Waals surface area contributed by atoms with Crippen LogP contribution in [0.4, 0.5) is 5.69 Å². The van der Waals surface area contributed by atoms with E-state index in [1.807, 2.05) is 19.1 Å². The Balaban J connectivity index is 2.05. The van der Waals surface area contributed by atoms with Gasteiger partial charge in [0, 0.05) is 15.8 Å². The molecule has 0 aromatic heterocycles. The van der Waals surface area contributed by atoms with E-state index in [0.29, 0.717) is 23.6 Å². The van der Waals surface area contributed by atoms with Crippen LogP contribution in [0.3, 0.4) is 0 Å². The highest BCUT2D eigenvalue weighted by atomic mass is 127. The quantitative estimate of drug-likeness (QED) is 0.426. The summed E-state index contributed by atoms with van der Waals surface area (Å²) in [6.45, 7) is 2.25. The zero-order valence-electron chi connectivity index (χ0n) is 14.9. The van der Waals surface area contributed by atoms with Crippen LogP contribution in [0.5, 0.6) is 5.75 Å². The zero-order valence-corrected chi connectivity index (χ0v) is 17.0. The molecule has 6 nitrogen and oxygen atoms in total. The van der Waals surface area contributed by atoms with E-state index in [9.17, 15) is 9.59 Å². The number of esters is 1. The molecular formula is C20H19IN2O4. The molecule has 0 radical (unpaired) electrons. The Hall–Kier alpha value is -2.60. The van der Waals surface area contributed by atoms with Gasteiger partial charge < -0.3 is 14.4 Å². The Bertz CT molecular complexity index is 831. The van der Waals surface area contributed by atoms with Crippen molar-refractivity contribution in [1.82, 2.24) is 0 Å². The first kappa shape index (κ1) is 20.7. The van der Waals surface area contributed by atoms with Crippen LogP contribution < -0.4 is 9.64 Å². The normalized spacial score (nSPS) is 9.96. The number of rotatable bonds is 8. The number of carbonyl (C=O) groups is 2. The van der Waals surface area contributed by atoms with E-state index in [1.54, 1.807) is 42.5 Å². The molecule has 140 valence electrons. The molecule has 0 unspecified atom stereocenters. The molecule has 0 aliphatic heterocycles. The Labute approximate surface area is 171 Å². The lowest BCUT2D eigenvalue weighted by atomic mass is 10.2. The summed E-state index contributed by atoms with van der Waals surface area (Å²) in [5, 5.41) is 8.86. The number of nitrogens with zero attached hydrogens (tertiary/aromatic N) is 2.